The summed E-state index contributed by atoms with van der Waals surface area (Å²) in [6.45, 7) is 0. The fourth-order valence-corrected chi connectivity index (χ4v) is 11.6. The van der Waals surface area contributed by atoms with Crippen LogP contribution in [0.25, 0.3) is 0 Å². The van der Waals surface area contributed by atoms with Crippen LogP contribution < -0.4 is 0 Å². The van der Waals surface area contributed by atoms with Gasteiger partial charge in [0.2, 0.25) is 0 Å². The van der Waals surface area contributed by atoms with Crippen molar-refractivity contribution in [3.8, 4) is 0 Å². The first-order valence-corrected chi connectivity index (χ1v) is 21.3. The van der Waals surface area contributed by atoms with Crippen molar-refractivity contribution in [1.29, 1.82) is 0 Å². The minimum Gasteiger partial charge on any atom is -0.0533 e. The van der Waals surface area contributed by atoms with Crippen molar-refractivity contribution < 1.29 is 0 Å². The lowest BCUT2D eigenvalue weighted by molar-refractivity contribution is 0.176. The summed E-state index contributed by atoms with van der Waals surface area (Å²) in [5, 5.41) is 0. The fraction of sp³-hybridized carbons (Fsp3) is 1.00. The number of hydrogen-bond donors (Lipinski definition) is 0. The molecule has 0 aromatic carbocycles. The summed E-state index contributed by atoms with van der Waals surface area (Å²) in [6.07, 6.45) is 53.9. The van der Waals surface area contributed by atoms with Crippen LogP contribution in [-0.4, -0.2) is 0 Å². The summed E-state index contributed by atoms with van der Waals surface area (Å²) in [5.74, 6) is 9.22. The van der Waals surface area contributed by atoms with E-state index in [9.17, 15) is 0 Å². The molecule has 0 spiro atoms. The molecule has 10 saturated carbocycles. The number of hydrogen-bond acceptors (Lipinski definition) is 0. The van der Waals surface area contributed by atoms with Crippen molar-refractivity contribution in [3.05, 3.63) is 0 Å². The van der Waals surface area contributed by atoms with E-state index in [-0.39, 0.29) is 0 Å². The lowest BCUT2D eigenvalue weighted by atomic mass is 9.71. The minimum absolute atomic E-state index is 1.13. The zero-order chi connectivity index (χ0) is 29.4. The molecule has 10 fully saturated rings. The van der Waals surface area contributed by atoms with Crippen LogP contribution in [0.5, 0.6) is 0 Å². The molecule has 0 radical (unpaired) electrons. The Balaban J connectivity index is 0.000000107. The van der Waals surface area contributed by atoms with Crippen LogP contribution in [0, 0.1) is 47.3 Å². The highest BCUT2D eigenvalue weighted by Crippen LogP contribution is 2.44. The van der Waals surface area contributed by atoms with Crippen LogP contribution in [-0.2, 0) is 0 Å². The van der Waals surface area contributed by atoms with E-state index in [1.54, 1.807) is 135 Å². The molecule has 10 aliphatic rings. The lowest BCUT2D eigenvalue weighted by Gasteiger charge is -2.35. The summed E-state index contributed by atoms with van der Waals surface area (Å²) < 4.78 is 0. The Labute approximate surface area is 271 Å². The van der Waals surface area contributed by atoms with E-state index in [1.807, 2.05) is 0 Å². The summed E-state index contributed by atoms with van der Waals surface area (Å²) in [6, 6.07) is 0. The van der Waals surface area contributed by atoms with Gasteiger partial charge in [0, 0.05) is 0 Å². The summed E-state index contributed by atoms with van der Waals surface area (Å²) in [5.41, 5.74) is 0. The standard InChI is InChI=1S/C10H18.C9H16.2C8H14.C8H16/c1-3-9-5-2-6-10(4-1)8-7-9;1-3-8-5-2-6-9(4-1)7-8;1-3-7-5-2-6-8(7)4-1;1-2-8-5-3-7(1)4-6-8;1-2-4-6-8-7-5-3-1/h9-10H,1-8H2;8-9H,1-7H2;2*7-8H,1-6H2;1-8H2. The van der Waals surface area contributed by atoms with Gasteiger partial charge in [-0.3, -0.25) is 0 Å². The van der Waals surface area contributed by atoms with Crippen LogP contribution in [0.2, 0.25) is 0 Å². The molecule has 0 N–H and O–H groups in total. The van der Waals surface area contributed by atoms with Gasteiger partial charge in [-0.2, -0.15) is 0 Å². The maximum atomic E-state index is 1.58. The van der Waals surface area contributed by atoms with Gasteiger partial charge in [0.05, 0.1) is 0 Å². The van der Waals surface area contributed by atoms with Gasteiger partial charge in [-0.1, -0.05) is 218 Å². The third-order valence-electron chi connectivity index (χ3n) is 14.5. The van der Waals surface area contributed by atoms with Crippen LogP contribution >= 0.6 is 0 Å². The zero-order valence-corrected chi connectivity index (χ0v) is 29.4. The van der Waals surface area contributed by atoms with Crippen molar-refractivity contribution in [1.82, 2.24) is 0 Å². The predicted molar refractivity (Wildman–Crippen MR) is 190 cm³/mol. The Bertz CT molecular complexity index is 577. The average molecular weight is 595 g/mol. The third-order valence-corrected chi connectivity index (χ3v) is 14.5. The third kappa shape index (κ3) is 13.0. The molecule has 250 valence electrons. The Kier molecular flexibility index (Phi) is 16.2. The van der Waals surface area contributed by atoms with Gasteiger partial charge in [0.25, 0.3) is 0 Å². The first kappa shape index (κ1) is 34.3. The molecule has 0 atom stereocenters. The van der Waals surface area contributed by atoms with Crippen LogP contribution in [0.15, 0.2) is 0 Å². The molecule has 0 unspecified atom stereocenters. The Hall–Kier alpha value is 0. The van der Waals surface area contributed by atoms with Crippen molar-refractivity contribution >= 4 is 0 Å². The van der Waals surface area contributed by atoms with Crippen LogP contribution in [0.4, 0.5) is 0 Å². The summed E-state index contributed by atoms with van der Waals surface area (Å²) in [4.78, 5) is 0. The van der Waals surface area contributed by atoms with Crippen LogP contribution in [0.3, 0.4) is 0 Å². The highest BCUT2D eigenvalue weighted by molar-refractivity contribution is 4.83. The lowest BCUT2D eigenvalue weighted by Crippen LogP contribution is -2.21. The molecule has 0 amide bonds. The van der Waals surface area contributed by atoms with E-state index in [0.29, 0.717) is 0 Å². The molecular formula is C43H78. The SMILES string of the molecule is C1CC2CCC1CC2.C1CC2CCCC(C1)C2.C1CC2CCCC(C1)CC2.C1CC2CCCC2C1.C1CCCCCCC1. The maximum Gasteiger partial charge on any atom is -0.0386 e. The summed E-state index contributed by atoms with van der Waals surface area (Å²) in [7, 11) is 0. The van der Waals surface area contributed by atoms with Gasteiger partial charge in [0.1, 0.15) is 0 Å². The van der Waals surface area contributed by atoms with Crippen molar-refractivity contribution in [2.75, 3.05) is 0 Å². The molecule has 6 bridgehead atoms. The first-order chi connectivity index (χ1) is 21.3. The number of rotatable bonds is 0. The molecule has 0 aromatic heterocycles. The Morgan fingerprint density at radius 1 is 0.163 bits per heavy atom. The van der Waals surface area contributed by atoms with Crippen molar-refractivity contribution in [3.63, 3.8) is 0 Å². The Morgan fingerprint density at radius 2 is 0.372 bits per heavy atom. The topological polar surface area (TPSA) is 0 Å². The van der Waals surface area contributed by atoms with E-state index in [2.05, 4.69) is 0 Å². The smallest absolute Gasteiger partial charge is 0.0386 e. The van der Waals surface area contributed by atoms with E-state index < -0.39 is 0 Å². The molecule has 0 nitrogen and oxygen atoms in total. The van der Waals surface area contributed by atoms with Crippen molar-refractivity contribution in [2.45, 2.75) is 225 Å². The zero-order valence-electron chi connectivity index (χ0n) is 29.4. The van der Waals surface area contributed by atoms with Gasteiger partial charge in [-0.15, -0.1) is 0 Å². The quantitative estimate of drug-likeness (QED) is 0.262. The van der Waals surface area contributed by atoms with E-state index in [1.165, 1.54) is 102 Å². The number of fused-ring (bicyclic) bond motifs is 9. The minimum atomic E-state index is 1.13. The van der Waals surface area contributed by atoms with Gasteiger partial charge in [-0.05, 0) is 53.8 Å². The highest BCUT2D eigenvalue weighted by atomic mass is 14.4. The molecule has 0 saturated heterocycles. The van der Waals surface area contributed by atoms with E-state index >= 15 is 0 Å². The van der Waals surface area contributed by atoms with Crippen molar-refractivity contribution in [2.24, 2.45) is 47.3 Å². The molecule has 0 heteroatoms. The largest absolute Gasteiger partial charge is 0.0533 e. The molecular weight excluding hydrogens is 516 g/mol. The average Bonchev–Trinajstić information content (AvgIpc) is 3.51. The second-order valence-electron chi connectivity index (χ2n) is 17.7. The van der Waals surface area contributed by atoms with Gasteiger partial charge >= 0.3 is 0 Å². The normalized spacial score (nSPS) is 39.6. The summed E-state index contributed by atoms with van der Waals surface area (Å²) >= 11 is 0. The maximum absolute atomic E-state index is 1.58. The van der Waals surface area contributed by atoms with Gasteiger partial charge in [-0.25, -0.2) is 0 Å². The Morgan fingerprint density at radius 3 is 0.628 bits per heavy atom. The second kappa shape index (κ2) is 20.3. The van der Waals surface area contributed by atoms with E-state index in [0.717, 1.165) is 35.5 Å². The molecule has 0 aromatic rings. The predicted octanol–water partition coefficient (Wildman–Crippen LogP) is 14.6. The van der Waals surface area contributed by atoms with Gasteiger partial charge in [0.15, 0.2) is 0 Å². The monoisotopic (exact) mass is 595 g/mol. The molecule has 10 rings (SSSR count). The molecule has 0 aliphatic heterocycles. The van der Waals surface area contributed by atoms with Crippen LogP contribution in [0.1, 0.15) is 225 Å². The molecule has 43 heavy (non-hydrogen) atoms. The highest BCUT2D eigenvalue weighted by Gasteiger charge is 2.31. The van der Waals surface area contributed by atoms with E-state index in [4.69, 9.17) is 0 Å². The molecule has 10 aliphatic carbocycles. The first-order valence-electron chi connectivity index (χ1n) is 21.3. The fourth-order valence-electron chi connectivity index (χ4n) is 11.6. The van der Waals surface area contributed by atoms with Gasteiger partial charge < -0.3 is 0 Å². The molecule has 0 heterocycles. The second-order valence-corrected chi connectivity index (χ2v) is 17.7.